The van der Waals surface area contributed by atoms with Gasteiger partial charge in [0.2, 0.25) is 0 Å². The van der Waals surface area contributed by atoms with Gasteiger partial charge in [0.1, 0.15) is 0 Å². The highest BCUT2D eigenvalue weighted by molar-refractivity contribution is 5.49. The maximum atomic E-state index is 3.53. The molecule has 1 aliphatic heterocycles. The Bertz CT molecular complexity index is 358. The summed E-state index contributed by atoms with van der Waals surface area (Å²) in [6, 6.07) is 10.3. The lowest BCUT2D eigenvalue weighted by Crippen LogP contribution is -2.54. The van der Waals surface area contributed by atoms with Gasteiger partial charge in [-0.05, 0) is 44.4 Å². The van der Waals surface area contributed by atoms with Crippen molar-refractivity contribution >= 4 is 5.69 Å². The average Bonchev–Trinajstić information content (AvgIpc) is 2.40. The lowest BCUT2D eigenvalue weighted by molar-refractivity contribution is 0.425. The van der Waals surface area contributed by atoms with Crippen LogP contribution in [0, 0.1) is 0 Å². The quantitative estimate of drug-likeness (QED) is 0.877. The van der Waals surface area contributed by atoms with E-state index >= 15 is 0 Å². The number of aryl methyl sites for hydroxylation is 1. The predicted octanol–water partition coefficient (Wildman–Crippen LogP) is 3.22. The first-order valence-electron chi connectivity index (χ1n) is 7.29. The third kappa shape index (κ3) is 3.26. The molecule has 2 rings (SSSR count). The Morgan fingerprint density at radius 1 is 1.22 bits per heavy atom. The molecule has 2 unspecified atom stereocenters. The molecule has 0 bridgehead atoms. The molecular weight excluding hydrogens is 220 g/mol. The van der Waals surface area contributed by atoms with Crippen LogP contribution in [0.15, 0.2) is 24.3 Å². The largest absolute Gasteiger partial charge is 0.366 e. The zero-order valence-electron chi connectivity index (χ0n) is 11.9. The Morgan fingerprint density at radius 3 is 2.61 bits per heavy atom. The first-order valence-corrected chi connectivity index (χ1v) is 7.29. The molecule has 18 heavy (non-hydrogen) atoms. The van der Waals surface area contributed by atoms with E-state index in [1.807, 2.05) is 0 Å². The molecule has 2 heteroatoms. The summed E-state index contributed by atoms with van der Waals surface area (Å²) in [6.45, 7) is 8.99. The van der Waals surface area contributed by atoms with Crippen LogP contribution in [0.5, 0.6) is 0 Å². The molecule has 0 spiro atoms. The fraction of sp³-hybridized carbons (Fsp3) is 0.625. The lowest BCUT2D eigenvalue weighted by Gasteiger charge is -2.39. The molecule has 1 aromatic carbocycles. The van der Waals surface area contributed by atoms with Gasteiger partial charge in [0, 0.05) is 30.9 Å². The molecule has 0 saturated carbocycles. The molecule has 1 aromatic rings. The monoisotopic (exact) mass is 246 g/mol. The second-order valence-corrected chi connectivity index (χ2v) is 5.58. The van der Waals surface area contributed by atoms with E-state index in [0.717, 1.165) is 13.1 Å². The van der Waals surface area contributed by atoms with Gasteiger partial charge >= 0.3 is 0 Å². The average molecular weight is 246 g/mol. The van der Waals surface area contributed by atoms with Crippen molar-refractivity contribution in [2.24, 2.45) is 0 Å². The van der Waals surface area contributed by atoms with Crippen molar-refractivity contribution in [3.05, 3.63) is 29.8 Å². The van der Waals surface area contributed by atoms with E-state index in [0.29, 0.717) is 12.1 Å². The van der Waals surface area contributed by atoms with E-state index in [2.05, 4.69) is 55.3 Å². The normalized spacial score (nSPS) is 24.3. The van der Waals surface area contributed by atoms with Crippen molar-refractivity contribution in [2.75, 3.05) is 18.0 Å². The van der Waals surface area contributed by atoms with Crippen LogP contribution < -0.4 is 10.2 Å². The van der Waals surface area contributed by atoms with Crippen LogP contribution >= 0.6 is 0 Å². The molecule has 1 heterocycles. The Kier molecular flexibility index (Phi) is 4.65. The summed E-state index contributed by atoms with van der Waals surface area (Å²) in [5, 5.41) is 3.53. The molecule has 0 radical (unpaired) electrons. The van der Waals surface area contributed by atoms with Crippen molar-refractivity contribution < 1.29 is 0 Å². The van der Waals surface area contributed by atoms with Crippen LogP contribution in [0.2, 0.25) is 0 Å². The van der Waals surface area contributed by atoms with Crippen LogP contribution in [-0.2, 0) is 6.42 Å². The highest BCUT2D eigenvalue weighted by Gasteiger charge is 2.22. The van der Waals surface area contributed by atoms with Crippen LogP contribution in [0.25, 0.3) is 0 Å². The Labute approximate surface area is 111 Å². The maximum Gasteiger partial charge on any atom is 0.0387 e. The molecule has 2 atom stereocenters. The molecule has 0 aromatic heterocycles. The highest BCUT2D eigenvalue weighted by atomic mass is 15.2. The van der Waals surface area contributed by atoms with Gasteiger partial charge in [0.25, 0.3) is 0 Å². The van der Waals surface area contributed by atoms with Crippen molar-refractivity contribution in [1.82, 2.24) is 5.32 Å². The van der Waals surface area contributed by atoms with E-state index in [9.17, 15) is 0 Å². The fourth-order valence-electron chi connectivity index (χ4n) is 2.62. The first kappa shape index (κ1) is 13.4. The van der Waals surface area contributed by atoms with Crippen LogP contribution in [-0.4, -0.2) is 25.2 Å². The zero-order valence-corrected chi connectivity index (χ0v) is 11.9. The van der Waals surface area contributed by atoms with E-state index in [1.54, 1.807) is 0 Å². The lowest BCUT2D eigenvalue weighted by atomic mass is 10.1. The highest BCUT2D eigenvalue weighted by Crippen LogP contribution is 2.21. The summed E-state index contributed by atoms with van der Waals surface area (Å²) < 4.78 is 0. The molecular formula is C16H26N2. The van der Waals surface area contributed by atoms with Gasteiger partial charge in [-0.3, -0.25) is 0 Å². The van der Waals surface area contributed by atoms with Crippen molar-refractivity contribution in [3.63, 3.8) is 0 Å². The van der Waals surface area contributed by atoms with Gasteiger partial charge in [-0.15, -0.1) is 0 Å². The number of nitrogens with one attached hydrogen (secondary N) is 1. The van der Waals surface area contributed by atoms with Crippen molar-refractivity contribution in [1.29, 1.82) is 0 Å². The molecule has 1 fully saturated rings. The predicted molar refractivity (Wildman–Crippen MR) is 79.3 cm³/mol. The summed E-state index contributed by atoms with van der Waals surface area (Å²) in [5.41, 5.74) is 2.84. The molecule has 1 aliphatic rings. The molecule has 1 N–H and O–H groups in total. The van der Waals surface area contributed by atoms with Gasteiger partial charge in [-0.2, -0.15) is 0 Å². The molecule has 2 nitrogen and oxygen atoms in total. The SMILES string of the molecule is CCCCc1ccc(N2CC(C)NCC2C)cc1. The van der Waals surface area contributed by atoms with E-state index in [1.165, 1.54) is 30.5 Å². The number of unbranched alkanes of at least 4 members (excludes halogenated alkanes) is 1. The van der Waals surface area contributed by atoms with Gasteiger partial charge in [-0.1, -0.05) is 25.5 Å². The van der Waals surface area contributed by atoms with Gasteiger partial charge in [0.15, 0.2) is 0 Å². The minimum Gasteiger partial charge on any atom is -0.366 e. The Hall–Kier alpha value is -1.02. The summed E-state index contributed by atoms with van der Waals surface area (Å²) in [4.78, 5) is 2.52. The number of benzene rings is 1. The third-order valence-corrected chi connectivity index (χ3v) is 3.85. The van der Waals surface area contributed by atoms with E-state index in [-0.39, 0.29) is 0 Å². The molecule has 0 aliphatic carbocycles. The van der Waals surface area contributed by atoms with Crippen molar-refractivity contribution in [3.8, 4) is 0 Å². The molecule has 100 valence electrons. The van der Waals surface area contributed by atoms with Crippen LogP contribution in [0.3, 0.4) is 0 Å². The summed E-state index contributed by atoms with van der Waals surface area (Å²) in [6.07, 6.45) is 3.78. The summed E-state index contributed by atoms with van der Waals surface area (Å²) >= 11 is 0. The second kappa shape index (κ2) is 6.24. The number of anilines is 1. The second-order valence-electron chi connectivity index (χ2n) is 5.58. The topological polar surface area (TPSA) is 15.3 Å². The Morgan fingerprint density at radius 2 is 1.94 bits per heavy atom. The summed E-state index contributed by atoms with van der Waals surface area (Å²) in [7, 11) is 0. The van der Waals surface area contributed by atoms with E-state index < -0.39 is 0 Å². The third-order valence-electron chi connectivity index (χ3n) is 3.85. The van der Waals surface area contributed by atoms with Crippen molar-refractivity contribution in [2.45, 2.75) is 52.1 Å². The molecule has 1 saturated heterocycles. The number of hydrogen-bond donors (Lipinski definition) is 1. The number of rotatable bonds is 4. The zero-order chi connectivity index (χ0) is 13.0. The first-order chi connectivity index (χ1) is 8.70. The molecule has 0 amide bonds. The number of nitrogens with zero attached hydrogens (tertiary/aromatic N) is 1. The van der Waals surface area contributed by atoms with Crippen LogP contribution in [0.4, 0.5) is 5.69 Å². The minimum atomic E-state index is 0.584. The minimum absolute atomic E-state index is 0.584. The van der Waals surface area contributed by atoms with Gasteiger partial charge in [-0.25, -0.2) is 0 Å². The maximum absolute atomic E-state index is 3.53. The Balaban J connectivity index is 2.03. The standard InChI is InChI=1S/C16H26N2/c1-4-5-6-15-7-9-16(10-8-15)18-12-13(2)17-11-14(18)3/h7-10,13-14,17H,4-6,11-12H2,1-3H3. The smallest absolute Gasteiger partial charge is 0.0387 e. The fourth-order valence-corrected chi connectivity index (χ4v) is 2.62. The number of piperazine rings is 1. The summed E-state index contributed by atoms with van der Waals surface area (Å²) in [5.74, 6) is 0. The number of hydrogen-bond acceptors (Lipinski definition) is 2. The van der Waals surface area contributed by atoms with Gasteiger partial charge < -0.3 is 10.2 Å². The van der Waals surface area contributed by atoms with Gasteiger partial charge in [0.05, 0.1) is 0 Å². The van der Waals surface area contributed by atoms with E-state index in [4.69, 9.17) is 0 Å². The van der Waals surface area contributed by atoms with Crippen LogP contribution in [0.1, 0.15) is 39.2 Å².